The number of rotatable bonds is 3. The maximum absolute atomic E-state index is 13.1. The molecule has 2 aromatic rings. The predicted octanol–water partition coefficient (Wildman–Crippen LogP) is 5.01. The van der Waals surface area contributed by atoms with E-state index in [4.69, 9.17) is 23.2 Å². The minimum atomic E-state index is -0.490. The first kappa shape index (κ1) is 14.0. The van der Waals surface area contributed by atoms with Gasteiger partial charge in [-0.05, 0) is 25.1 Å². The highest BCUT2D eigenvalue weighted by Gasteiger charge is 2.14. The van der Waals surface area contributed by atoms with E-state index < -0.39 is 5.82 Å². The van der Waals surface area contributed by atoms with E-state index in [-0.39, 0.29) is 21.8 Å². The summed E-state index contributed by atoms with van der Waals surface area (Å²) in [6.07, 6.45) is 0. The zero-order valence-corrected chi connectivity index (χ0v) is 11.6. The number of halogens is 3. The Hall–Kier alpha value is -1.45. The highest BCUT2D eigenvalue weighted by molar-refractivity contribution is 6.39. The lowest BCUT2D eigenvalue weighted by Gasteiger charge is -2.18. The summed E-state index contributed by atoms with van der Waals surface area (Å²) in [5.41, 5.74) is 1.15. The van der Waals surface area contributed by atoms with E-state index in [2.05, 4.69) is 5.32 Å². The Labute approximate surface area is 120 Å². The molecule has 0 saturated heterocycles. The van der Waals surface area contributed by atoms with Crippen molar-refractivity contribution in [2.75, 3.05) is 5.32 Å². The number of para-hydroxylation sites is 1. The van der Waals surface area contributed by atoms with Gasteiger partial charge in [0.05, 0.1) is 21.8 Å². The third-order valence-corrected chi connectivity index (χ3v) is 3.37. The normalized spacial score (nSPS) is 12.2. The van der Waals surface area contributed by atoms with Crippen molar-refractivity contribution in [3.8, 4) is 5.75 Å². The van der Waals surface area contributed by atoms with Crippen LogP contribution in [0.4, 0.5) is 10.1 Å². The number of aromatic hydroxyl groups is 1. The SMILES string of the molecule is CC(Nc1c(Cl)cc(F)cc1Cl)c1ccccc1O. The Bertz CT molecular complexity index is 581. The fourth-order valence-corrected chi connectivity index (χ4v) is 2.40. The zero-order chi connectivity index (χ0) is 14.0. The Morgan fingerprint density at radius 3 is 2.32 bits per heavy atom. The molecule has 0 bridgehead atoms. The molecule has 19 heavy (non-hydrogen) atoms. The summed E-state index contributed by atoms with van der Waals surface area (Å²) in [4.78, 5) is 0. The topological polar surface area (TPSA) is 32.3 Å². The molecule has 0 spiro atoms. The van der Waals surface area contributed by atoms with Crippen LogP contribution in [0, 0.1) is 5.82 Å². The summed E-state index contributed by atoms with van der Waals surface area (Å²) in [6.45, 7) is 1.85. The average Bonchev–Trinajstić information content (AvgIpc) is 2.34. The van der Waals surface area contributed by atoms with Crippen LogP contribution in [-0.4, -0.2) is 5.11 Å². The van der Waals surface area contributed by atoms with Gasteiger partial charge in [-0.15, -0.1) is 0 Å². The van der Waals surface area contributed by atoms with E-state index in [0.717, 1.165) is 0 Å². The van der Waals surface area contributed by atoms with Crippen molar-refractivity contribution in [3.05, 3.63) is 57.8 Å². The van der Waals surface area contributed by atoms with E-state index in [0.29, 0.717) is 11.3 Å². The smallest absolute Gasteiger partial charge is 0.126 e. The molecule has 0 aliphatic carbocycles. The van der Waals surface area contributed by atoms with Crippen LogP contribution in [0.1, 0.15) is 18.5 Å². The molecule has 0 heterocycles. The van der Waals surface area contributed by atoms with Crippen LogP contribution in [0.25, 0.3) is 0 Å². The molecule has 0 fully saturated rings. The molecule has 2 rings (SSSR count). The van der Waals surface area contributed by atoms with Crippen LogP contribution in [0.15, 0.2) is 36.4 Å². The van der Waals surface area contributed by atoms with Crippen LogP contribution in [0.2, 0.25) is 10.0 Å². The van der Waals surface area contributed by atoms with Crippen molar-refractivity contribution in [1.82, 2.24) is 0 Å². The second-order valence-electron chi connectivity index (χ2n) is 4.17. The first-order valence-corrected chi connectivity index (χ1v) is 6.43. The fourth-order valence-electron chi connectivity index (χ4n) is 1.83. The lowest BCUT2D eigenvalue weighted by Crippen LogP contribution is -2.07. The number of nitrogens with one attached hydrogen (secondary N) is 1. The predicted molar refractivity (Wildman–Crippen MR) is 76.6 cm³/mol. The van der Waals surface area contributed by atoms with Crippen LogP contribution in [-0.2, 0) is 0 Å². The van der Waals surface area contributed by atoms with Crippen molar-refractivity contribution < 1.29 is 9.50 Å². The molecule has 0 aliphatic rings. The van der Waals surface area contributed by atoms with Gasteiger partial charge in [0.15, 0.2) is 0 Å². The van der Waals surface area contributed by atoms with Gasteiger partial charge in [0.25, 0.3) is 0 Å². The molecule has 100 valence electrons. The van der Waals surface area contributed by atoms with Crippen LogP contribution in [0.5, 0.6) is 5.75 Å². The number of phenolic OH excluding ortho intramolecular Hbond substituents is 1. The van der Waals surface area contributed by atoms with Crippen molar-refractivity contribution in [3.63, 3.8) is 0 Å². The Morgan fingerprint density at radius 1 is 1.16 bits per heavy atom. The quantitative estimate of drug-likeness (QED) is 0.835. The van der Waals surface area contributed by atoms with E-state index in [1.54, 1.807) is 18.2 Å². The third-order valence-electron chi connectivity index (χ3n) is 2.77. The molecule has 1 unspecified atom stereocenters. The van der Waals surface area contributed by atoms with E-state index in [1.807, 2.05) is 13.0 Å². The minimum absolute atomic E-state index is 0.178. The molecule has 2 aromatic carbocycles. The van der Waals surface area contributed by atoms with E-state index in [9.17, 15) is 9.50 Å². The van der Waals surface area contributed by atoms with E-state index in [1.165, 1.54) is 12.1 Å². The highest BCUT2D eigenvalue weighted by atomic mass is 35.5. The molecular formula is C14H12Cl2FNO. The van der Waals surface area contributed by atoms with Gasteiger partial charge in [-0.25, -0.2) is 4.39 Å². The number of benzene rings is 2. The lowest BCUT2D eigenvalue weighted by atomic mass is 10.1. The molecular weight excluding hydrogens is 288 g/mol. The van der Waals surface area contributed by atoms with Gasteiger partial charge in [0.1, 0.15) is 11.6 Å². The monoisotopic (exact) mass is 299 g/mol. The molecule has 1 atom stereocenters. The molecule has 0 aliphatic heterocycles. The largest absolute Gasteiger partial charge is 0.508 e. The third kappa shape index (κ3) is 3.11. The lowest BCUT2D eigenvalue weighted by molar-refractivity contribution is 0.465. The summed E-state index contributed by atoms with van der Waals surface area (Å²) in [5, 5.41) is 13.3. The molecule has 0 aromatic heterocycles. The summed E-state index contributed by atoms with van der Waals surface area (Å²) >= 11 is 11.9. The molecule has 2 nitrogen and oxygen atoms in total. The zero-order valence-electron chi connectivity index (χ0n) is 10.1. The van der Waals surface area contributed by atoms with Gasteiger partial charge in [-0.2, -0.15) is 0 Å². The highest BCUT2D eigenvalue weighted by Crippen LogP contribution is 2.35. The first-order valence-electron chi connectivity index (χ1n) is 5.68. The maximum Gasteiger partial charge on any atom is 0.126 e. The summed E-state index contributed by atoms with van der Waals surface area (Å²) < 4.78 is 13.1. The number of hydrogen-bond acceptors (Lipinski definition) is 2. The Kier molecular flexibility index (Phi) is 4.17. The fraction of sp³-hybridized carbons (Fsp3) is 0.143. The molecule has 0 saturated carbocycles. The molecule has 0 radical (unpaired) electrons. The van der Waals surface area contributed by atoms with Gasteiger partial charge in [0, 0.05) is 5.56 Å². The van der Waals surface area contributed by atoms with Gasteiger partial charge in [-0.1, -0.05) is 41.4 Å². The van der Waals surface area contributed by atoms with Crippen molar-refractivity contribution >= 4 is 28.9 Å². The number of hydrogen-bond donors (Lipinski definition) is 2. The van der Waals surface area contributed by atoms with Crippen LogP contribution < -0.4 is 5.32 Å². The number of phenols is 1. The van der Waals surface area contributed by atoms with E-state index >= 15 is 0 Å². The second-order valence-corrected chi connectivity index (χ2v) is 4.98. The minimum Gasteiger partial charge on any atom is -0.508 e. The summed E-state index contributed by atoms with van der Waals surface area (Å²) in [7, 11) is 0. The van der Waals surface area contributed by atoms with Gasteiger partial charge in [0.2, 0.25) is 0 Å². The van der Waals surface area contributed by atoms with Gasteiger partial charge < -0.3 is 10.4 Å². The van der Waals surface area contributed by atoms with Crippen molar-refractivity contribution in [2.45, 2.75) is 13.0 Å². The van der Waals surface area contributed by atoms with Crippen molar-refractivity contribution in [1.29, 1.82) is 0 Å². The number of anilines is 1. The summed E-state index contributed by atoms with van der Waals surface area (Å²) in [5.74, 6) is -0.312. The molecule has 5 heteroatoms. The van der Waals surface area contributed by atoms with Crippen LogP contribution >= 0.6 is 23.2 Å². The standard InChI is InChI=1S/C14H12Cl2FNO/c1-8(10-4-2-3-5-13(10)19)18-14-11(15)6-9(17)7-12(14)16/h2-8,18-19H,1H3. The molecule has 0 amide bonds. The summed E-state index contributed by atoms with van der Waals surface area (Å²) in [6, 6.07) is 9.10. The average molecular weight is 300 g/mol. The van der Waals surface area contributed by atoms with Crippen molar-refractivity contribution in [2.24, 2.45) is 0 Å². The first-order chi connectivity index (χ1) is 8.99. The Balaban J connectivity index is 2.29. The maximum atomic E-state index is 13.1. The second kappa shape index (κ2) is 5.68. The Morgan fingerprint density at radius 2 is 1.74 bits per heavy atom. The van der Waals surface area contributed by atoms with Gasteiger partial charge >= 0.3 is 0 Å². The van der Waals surface area contributed by atoms with Crippen LogP contribution in [0.3, 0.4) is 0 Å². The molecule has 2 N–H and O–H groups in total. The van der Waals surface area contributed by atoms with Gasteiger partial charge in [-0.3, -0.25) is 0 Å².